The summed E-state index contributed by atoms with van der Waals surface area (Å²) >= 11 is 0. The minimum absolute atomic E-state index is 0.269. The van der Waals surface area contributed by atoms with E-state index < -0.39 is 23.7 Å². The molecule has 0 saturated heterocycles. The van der Waals surface area contributed by atoms with Gasteiger partial charge in [-0.15, -0.1) is 0 Å². The van der Waals surface area contributed by atoms with Crippen molar-refractivity contribution in [2.45, 2.75) is 27.3 Å². The van der Waals surface area contributed by atoms with Crippen LogP contribution in [0.4, 0.5) is 5.69 Å². The standard InChI is InChI=1S/C25H24N4O4/c1-15-10-11-20(33-4)19(12-15)27-21(30)14-28-24(31)22-16(2)13-17(3)26-23(22)29(25(28)32)18-8-6-5-7-9-18/h5-13H,14H2,1-4H3,(H,27,30). The van der Waals surface area contributed by atoms with E-state index in [-0.39, 0.29) is 5.65 Å². The molecule has 0 spiro atoms. The predicted octanol–water partition coefficient (Wildman–Crippen LogP) is 3.12. The number of hydrogen-bond donors (Lipinski definition) is 1. The first-order valence-electron chi connectivity index (χ1n) is 10.4. The van der Waals surface area contributed by atoms with E-state index in [4.69, 9.17) is 4.74 Å². The van der Waals surface area contributed by atoms with E-state index in [2.05, 4.69) is 10.3 Å². The molecule has 8 nitrogen and oxygen atoms in total. The largest absolute Gasteiger partial charge is 0.495 e. The van der Waals surface area contributed by atoms with Gasteiger partial charge in [-0.05, 0) is 62.2 Å². The smallest absolute Gasteiger partial charge is 0.337 e. The summed E-state index contributed by atoms with van der Waals surface area (Å²) in [6.45, 7) is 5.03. The van der Waals surface area contributed by atoms with Crippen LogP contribution >= 0.6 is 0 Å². The van der Waals surface area contributed by atoms with Gasteiger partial charge in [0.15, 0.2) is 5.65 Å². The normalized spacial score (nSPS) is 10.9. The van der Waals surface area contributed by atoms with E-state index in [1.165, 1.54) is 11.7 Å². The summed E-state index contributed by atoms with van der Waals surface area (Å²) < 4.78 is 7.62. The van der Waals surface area contributed by atoms with Gasteiger partial charge in [-0.3, -0.25) is 9.59 Å². The zero-order valence-electron chi connectivity index (χ0n) is 18.9. The van der Waals surface area contributed by atoms with E-state index in [0.29, 0.717) is 33.8 Å². The lowest BCUT2D eigenvalue weighted by molar-refractivity contribution is -0.116. The maximum Gasteiger partial charge on any atom is 0.337 e. The molecule has 2 heterocycles. The molecule has 0 unspecified atom stereocenters. The number of pyridine rings is 1. The number of rotatable bonds is 5. The van der Waals surface area contributed by atoms with Crippen molar-refractivity contribution in [3.05, 3.63) is 92.3 Å². The first-order chi connectivity index (χ1) is 15.8. The van der Waals surface area contributed by atoms with Crippen LogP contribution in [-0.4, -0.2) is 27.1 Å². The van der Waals surface area contributed by atoms with Crippen molar-refractivity contribution in [3.63, 3.8) is 0 Å². The minimum atomic E-state index is -0.637. The number of aromatic nitrogens is 3. The molecule has 2 aromatic heterocycles. The molecule has 2 aromatic carbocycles. The van der Waals surface area contributed by atoms with Crippen LogP contribution in [-0.2, 0) is 11.3 Å². The van der Waals surface area contributed by atoms with Crippen molar-refractivity contribution in [1.82, 2.24) is 14.1 Å². The van der Waals surface area contributed by atoms with Crippen molar-refractivity contribution in [1.29, 1.82) is 0 Å². The number of ether oxygens (including phenoxy) is 1. The second kappa shape index (κ2) is 8.74. The molecule has 0 aliphatic rings. The summed E-state index contributed by atoms with van der Waals surface area (Å²) in [4.78, 5) is 44.2. The van der Waals surface area contributed by atoms with Gasteiger partial charge in [-0.25, -0.2) is 18.9 Å². The number of carbonyl (C=O) groups excluding carboxylic acids is 1. The Morgan fingerprint density at radius 3 is 2.45 bits per heavy atom. The number of fused-ring (bicyclic) bond motifs is 1. The van der Waals surface area contributed by atoms with Gasteiger partial charge in [-0.2, -0.15) is 0 Å². The highest BCUT2D eigenvalue weighted by molar-refractivity contribution is 5.92. The fraction of sp³-hybridized carbons (Fsp3) is 0.200. The van der Waals surface area contributed by atoms with Crippen LogP contribution in [0.5, 0.6) is 5.75 Å². The summed E-state index contributed by atoms with van der Waals surface area (Å²) in [6.07, 6.45) is 0. The third-order valence-electron chi connectivity index (χ3n) is 5.36. The number of amides is 1. The van der Waals surface area contributed by atoms with Crippen molar-refractivity contribution in [2.24, 2.45) is 0 Å². The summed E-state index contributed by atoms with van der Waals surface area (Å²) in [5.41, 5.74) is 2.39. The Morgan fingerprint density at radius 1 is 1.03 bits per heavy atom. The monoisotopic (exact) mass is 444 g/mol. The van der Waals surface area contributed by atoms with Gasteiger partial charge in [0.1, 0.15) is 12.3 Å². The van der Waals surface area contributed by atoms with Crippen LogP contribution in [0.2, 0.25) is 0 Å². The van der Waals surface area contributed by atoms with Crippen LogP contribution in [0.15, 0.2) is 64.2 Å². The number of aryl methyl sites for hydroxylation is 3. The highest BCUT2D eigenvalue weighted by Crippen LogP contribution is 2.25. The minimum Gasteiger partial charge on any atom is -0.495 e. The van der Waals surface area contributed by atoms with Crippen LogP contribution in [0.3, 0.4) is 0 Å². The number of para-hydroxylation sites is 1. The Balaban J connectivity index is 1.87. The van der Waals surface area contributed by atoms with Crippen molar-refractivity contribution < 1.29 is 9.53 Å². The molecule has 0 aliphatic carbocycles. The molecule has 4 aromatic rings. The van der Waals surface area contributed by atoms with E-state index in [1.807, 2.05) is 19.1 Å². The molecule has 0 fully saturated rings. The van der Waals surface area contributed by atoms with Gasteiger partial charge in [0, 0.05) is 5.69 Å². The first kappa shape index (κ1) is 22.0. The number of benzene rings is 2. The maximum absolute atomic E-state index is 13.5. The van der Waals surface area contributed by atoms with Gasteiger partial charge >= 0.3 is 5.69 Å². The Labute approximate surface area is 190 Å². The molecule has 168 valence electrons. The van der Waals surface area contributed by atoms with Crippen LogP contribution in [0.1, 0.15) is 16.8 Å². The van der Waals surface area contributed by atoms with E-state index in [9.17, 15) is 14.4 Å². The van der Waals surface area contributed by atoms with Crippen molar-refractivity contribution >= 4 is 22.6 Å². The number of hydrogen-bond acceptors (Lipinski definition) is 5. The van der Waals surface area contributed by atoms with Gasteiger partial charge in [0.25, 0.3) is 5.56 Å². The summed E-state index contributed by atoms with van der Waals surface area (Å²) in [6, 6.07) is 16.1. The molecular weight excluding hydrogens is 420 g/mol. The topological polar surface area (TPSA) is 95.2 Å². The lowest BCUT2D eigenvalue weighted by Crippen LogP contribution is -2.42. The molecule has 0 radical (unpaired) electrons. The number of nitrogens with zero attached hydrogens (tertiary/aromatic N) is 3. The Bertz CT molecular complexity index is 1490. The molecule has 33 heavy (non-hydrogen) atoms. The third kappa shape index (κ3) is 4.15. The lowest BCUT2D eigenvalue weighted by atomic mass is 10.1. The van der Waals surface area contributed by atoms with Gasteiger partial charge in [-0.1, -0.05) is 24.3 Å². The Kier molecular flexibility index (Phi) is 5.83. The van der Waals surface area contributed by atoms with Gasteiger partial charge in [0.2, 0.25) is 5.91 Å². The Hall–Kier alpha value is -4.20. The number of carbonyl (C=O) groups is 1. The van der Waals surface area contributed by atoms with Crippen LogP contribution in [0.25, 0.3) is 16.7 Å². The molecule has 0 atom stereocenters. The SMILES string of the molecule is COc1ccc(C)cc1NC(=O)Cn1c(=O)c2c(C)cc(C)nc2n(-c2ccccc2)c1=O. The van der Waals surface area contributed by atoms with Gasteiger partial charge in [0.05, 0.1) is 23.9 Å². The second-order valence-electron chi connectivity index (χ2n) is 7.88. The maximum atomic E-state index is 13.5. The third-order valence-corrected chi connectivity index (χ3v) is 5.36. The molecule has 1 amide bonds. The molecule has 4 rings (SSSR count). The average molecular weight is 444 g/mol. The summed E-state index contributed by atoms with van der Waals surface area (Å²) in [7, 11) is 1.50. The van der Waals surface area contributed by atoms with Gasteiger partial charge < -0.3 is 10.1 Å². The highest BCUT2D eigenvalue weighted by atomic mass is 16.5. The van der Waals surface area contributed by atoms with Crippen LogP contribution < -0.4 is 21.3 Å². The molecule has 0 saturated carbocycles. The average Bonchev–Trinajstić information content (AvgIpc) is 2.77. The zero-order valence-corrected chi connectivity index (χ0v) is 18.9. The van der Waals surface area contributed by atoms with Crippen molar-refractivity contribution in [2.75, 3.05) is 12.4 Å². The fourth-order valence-electron chi connectivity index (χ4n) is 3.88. The van der Waals surface area contributed by atoms with Crippen LogP contribution in [0, 0.1) is 20.8 Å². The number of nitrogens with one attached hydrogen (secondary N) is 1. The quantitative estimate of drug-likeness (QED) is 0.510. The van der Waals surface area contributed by atoms with E-state index >= 15 is 0 Å². The Morgan fingerprint density at radius 2 is 1.76 bits per heavy atom. The summed E-state index contributed by atoms with van der Waals surface area (Å²) in [5.74, 6) is -0.0354. The first-order valence-corrected chi connectivity index (χ1v) is 10.4. The fourth-order valence-corrected chi connectivity index (χ4v) is 3.88. The van der Waals surface area contributed by atoms with E-state index in [0.717, 1.165) is 10.1 Å². The number of methoxy groups -OCH3 is 1. The highest BCUT2D eigenvalue weighted by Gasteiger charge is 2.20. The molecule has 0 bridgehead atoms. The molecule has 0 aliphatic heterocycles. The molecule has 8 heteroatoms. The predicted molar refractivity (Wildman–Crippen MR) is 127 cm³/mol. The zero-order chi connectivity index (χ0) is 23.7. The van der Waals surface area contributed by atoms with E-state index in [1.54, 1.807) is 56.3 Å². The molecule has 1 N–H and O–H groups in total. The molecular formula is C25H24N4O4. The summed E-state index contributed by atoms with van der Waals surface area (Å²) in [5, 5.41) is 3.05. The van der Waals surface area contributed by atoms with Crippen molar-refractivity contribution in [3.8, 4) is 11.4 Å². The lowest BCUT2D eigenvalue weighted by Gasteiger charge is -2.16. The number of anilines is 1. The second-order valence-corrected chi connectivity index (χ2v) is 7.88.